The molecule has 0 radical (unpaired) electrons. The van der Waals surface area contributed by atoms with Gasteiger partial charge in [-0.15, -0.1) is 0 Å². The first-order valence-electron chi connectivity index (χ1n) is 10.5. The Hall–Kier alpha value is -1.77. The molecule has 1 aromatic rings. The Bertz CT molecular complexity index is 750. The number of benzene rings is 1. The van der Waals surface area contributed by atoms with Gasteiger partial charge in [-0.25, -0.2) is 4.39 Å². The number of hydrogen-bond acceptors (Lipinski definition) is 2. The Balaban J connectivity index is 1.43. The molecule has 0 N–H and O–H groups in total. The Morgan fingerprint density at radius 1 is 1.11 bits per heavy atom. The van der Waals surface area contributed by atoms with Crippen molar-refractivity contribution in [2.75, 3.05) is 0 Å². The normalized spacial score (nSPS) is 21.6. The second-order valence-corrected chi connectivity index (χ2v) is 8.50. The third kappa shape index (κ3) is 4.94. The minimum Gasteiger partial charge on any atom is -0.295 e. The molecule has 2 nitrogen and oxygen atoms in total. The zero-order valence-corrected chi connectivity index (χ0v) is 17.0. The number of carbonyl (C=O) groups excluding carboxylic acids is 1. The molecule has 27 heavy (non-hydrogen) atoms. The van der Waals surface area contributed by atoms with E-state index in [2.05, 4.69) is 0 Å². The Morgan fingerprint density at radius 3 is 2.52 bits per heavy atom. The molecule has 0 saturated heterocycles. The van der Waals surface area contributed by atoms with Gasteiger partial charge >= 0.3 is 0 Å². The minimum atomic E-state index is -0.157. The molecule has 1 heterocycles. The summed E-state index contributed by atoms with van der Waals surface area (Å²) in [5.41, 5.74) is 5.64. The molecule has 1 aliphatic carbocycles. The predicted octanol–water partition coefficient (Wildman–Crippen LogP) is 6.42. The molecular formula is C24H32FNO. The van der Waals surface area contributed by atoms with Gasteiger partial charge in [0.25, 0.3) is 0 Å². The van der Waals surface area contributed by atoms with E-state index in [-0.39, 0.29) is 11.6 Å². The lowest BCUT2D eigenvalue weighted by Crippen LogP contribution is -2.22. The summed E-state index contributed by atoms with van der Waals surface area (Å²) >= 11 is 0. The lowest BCUT2D eigenvalue weighted by molar-refractivity contribution is -0.113. The standard InChI is InChI=1S/C24H32FNO/c1-16(2)22(17(3)27)7-5-4-6-18-8-10-19(11-9-18)24-23-13-12-21(25)14-20(23)15-26-24/h12-14,18-19H,4-11,15H2,1-3H3. The fraction of sp³-hybridized carbons (Fsp3) is 0.583. The predicted molar refractivity (Wildman–Crippen MR) is 110 cm³/mol. The van der Waals surface area contributed by atoms with Crippen LogP contribution in [0, 0.1) is 17.7 Å². The largest absolute Gasteiger partial charge is 0.295 e. The van der Waals surface area contributed by atoms with E-state index in [0.717, 1.165) is 29.9 Å². The monoisotopic (exact) mass is 369 g/mol. The van der Waals surface area contributed by atoms with Crippen molar-refractivity contribution in [3.8, 4) is 0 Å². The highest BCUT2D eigenvalue weighted by atomic mass is 19.1. The highest BCUT2D eigenvalue weighted by Gasteiger charge is 2.28. The van der Waals surface area contributed by atoms with Gasteiger partial charge < -0.3 is 0 Å². The van der Waals surface area contributed by atoms with Gasteiger partial charge in [0.2, 0.25) is 0 Å². The highest BCUT2D eigenvalue weighted by molar-refractivity contribution is 6.05. The average molecular weight is 370 g/mol. The number of aliphatic imine (C=N–C) groups is 1. The van der Waals surface area contributed by atoms with Crippen LogP contribution in [0.1, 0.15) is 83.3 Å². The number of carbonyl (C=O) groups is 1. The molecule has 3 rings (SSSR count). The third-order valence-corrected chi connectivity index (χ3v) is 6.31. The van der Waals surface area contributed by atoms with E-state index in [9.17, 15) is 9.18 Å². The van der Waals surface area contributed by atoms with Crippen LogP contribution in [0.5, 0.6) is 0 Å². The smallest absolute Gasteiger partial charge is 0.155 e. The van der Waals surface area contributed by atoms with Gasteiger partial charge in [0.1, 0.15) is 5.82 Å². The van der Waals surface area contributed by atoms with Crippen LogP contribution in [-0.2, 0) is 11.3 Å². The lowest BCUT2D eigenvalue weighted by Gasteiger charge is -2.29. The summed E-state index contributed by atoms with van der Waals surface area (Å²) in [5.74, 6) is 1.43. The van der Waals surface area contributed by atoms with Crippen molar-refractivity contribution in [2.45, 2.75) is 78.7 Å². The highest BCUT2D eigenvalue weighted by Crippen LogP contribution is 2.36. The first kappa shape index (κ1) is 20.0. The van der Waals surface area contributed by atoms with Crippen molar-refractivity contribution in [3.63, 3.8) is 0 Å². The van der Waals surface area contributed by atoms with Gasteiger partial charge in [-0.1, -0.05) is 18.4 Å². The van der Waals surface area contributed by atoms with E-state index in [1.54, 1.807) is 19.1 Å². The molecule has 1 aromatic carbocycles. The molecule has 1 saturated carbocycles. The number of unbranched alkanes of at least 4 members (excludes halogenated alkanes) is 1. The van der Waals surface area contributed by atoms with Crippen molar-refractivity contribution in [1.82, 2.24) is 0 Å². The molecule has 0 amide bonds. The van der Waals surface area contributed by atoms with E-state index in [4.69, 9.17) is 4.99 Å². The van der Waals surface area contributed by atoms with E-state index < -0.39 is 0 Å². The summed E-state index contributed by atoms with van der Waals surface area (Å²) in [4.78, 5) is 16.4. The number of nitrogens with zero attached hydrogens (tertiary/aromatic N) is 1. The Morgan fingerprint density at radius 2 is 1.85 bits per heavy atom. The molecule has 0 unspecified atom stereocenters. The van der Waals surface area contributed by atoms with Gasteiger partial charge in [-0.05, 0) is 94.5 Å². The second-order valence-electron chi connectivity index (χ2n) is 8.50. The molecule has 146 valence electrons. The van der Waals surface area contributed by atoms with Crippen LogP contribution in [0.3, 0.4) is 0 Å². The average Bonchev–Trinajstić information content (AvgIpc) is 3.04. The van der Waals surface area contributed by atoms with Crippen LogP contribution >= 0.6 is 0 Å². The topological polar surface area (TPSA) is 29.4 Å². The van der Waals surface area contributed by atoms with Crippen LogP contribution < -0.4 is 0 Å². The van der Waals surface area contributed by atoms with Crippen LogP contribution in [0.2, 0.25) is 0 Å². The number of rotatable bonds is 7. The van der Waals surface area contributed by atoms with Gasteiger partial charge in [-0.3, -0.25) is 9.79 Å². The molecule has 0 spiro atoms. The molecule has 2 aliphatic rings. The third-order valence-electron chi connectivity index (χ3n) is 6.31. The van der Waals surface area contributed by atoms with E-state index in [1.807, 2.05) is 19.9 Å². The van der Waals surface area contributed by atoms with Crippen molar-refractivity contribution >= 4 is 11.5 Å². The summed E-state index contributed by atoms with van der Waals surface area (Å²) in [6.07, 6.45) is 9.46. The number of halogens is 1. The summed E-state index contributed by atoms with van der Waals surface area (Å²) < 4.78 is 13.4. The van der Waals surface area contributed by atoms with Gasteiger partial charge in [0.05, 0.1) is 6.54 Å². The molecular weight excluding hydrogens is 337 g/mol. The maximum atomic E-state index is 13.4. The summed E-state index contributed by atoms with van der Waals surface area (Å²) in [6, 6.07) is 5.12. The van der Waals surface area contributed by atoms with Gasteiger partial charge in [0, 0.05) is 17.2 Å². The second kappa shape index (κ2) is 8.95. The number of fused-ring (bicyclic) bond motifs is 1. The minimum absolute atomic E-state index is 0.157. The fourth-order valence-electron chi connectivity index (χ4n) is 4.78. The first-order chi connectivity index (χ1) is 13.0. The molecule has 0 atom stereocenters. The van der Waals surface area contributed by atoms with Crippen LogP contribution in [-0.4, -0.2) is 11.5 Å². The maximum Gasteiger partial charge on any atom is 0.155 e. The van der Waals surface area contributed by atoms with Crippen molar-refractivity contribution in [2.24, 2.45) is 16.8 Å². The van der Waals surface area contributed by atoms with Crippen LogP contribution in [0.4, 0.5) is 4.39 Å². The van der Waals surface area contributed by atoms with Gasteiger partial charge in [-0.2, -0.15) is 0 Å². The zero-order valence-electron chi connectivity index (χ0n) is 17.0. The molecule has 1 fully saturated rings. The lowest BCUT2D eigenvalue weighted by atomic mass is 9.76. The van der Waals surface area contributed by atoms with Crippen LogP contribution in [0.25, 0.3) is 0 Å². The molecule has 0 aromatic heterocycles. The maximum absolute atomic E-state index is 13.4. The number of ketones is 1. The summed E-state index contributed by atoms with van der Waals surface area (Å²) in [6.45, 7) is 6.40. The summed E-state index contributed by atoms with van der Waals surface area (Å²) in [7, 11) is 0. The Labute approximate surface area is 163 Å². The van der Waals surface area contributed by atoms with Gasteiger partial charge in [0.15, 0.2) is 5.78 Å². The van der Waals surface area contributed by atoms with E-state index in [1.165, 1.54) is 55.4 Å². The van der Waals surface area contributed by atoms with E-state index in [0.29, 0.717) is 12.5 Å². The Kier molecular flexibility index (Phi) is 6.62. The SMILES string of the molecule is CC(=O)C(CCCCC1CCC(C2=NCc3cc(F)ccc32)CC1)=C(C)C. The molecule has 3 heteroatoms. The quantitative estimate of drug-likeness (QED) is 0.403. The first-order valence-corrected chi connectivity index (χ1v) is 10.5. The van der Waals surface area contributed by atoms with Crippen molar-refractivity contribution in [1.29, 1.82) is 0 Å². The van der Waals surface area contributed by atoms with Crippen molar-refractivity contribution < 1.29 is 9.18 Å². The number of Topliss-reactive ketones (excluding diaryl/α,β-unsaturated/α-hetero) is 1. The van der Waals surface area contributed by atoms with Crippen molar-refractivity contribution in [3.05, 3.63) is 46.3 Å². The van der Waals surface area contributed by atoms with E-state index >= 15 is 0 Å². The zero-order chi connectivity index (χ0) is 19.4. The van der Waals surface area contributed by atoms with Crippen LogP contribution in [0.15, 0.2) is 34.3 Å². The molecule has 1 aliphatic heterocycles. The fourth-order valence-corrected chi connectivity index (χ4v) is 4.78. The number of hydrogen-bond donors (Lipinski definition) is 0. The molecule has 0 bridgehead atoms. The number of allylic oxidation sites excluding steroid dienone is 2. The summed E-state index contributed by atoms with van der Waals surface area (Å²) in [5, 5.41) is 0.